The summed E-state index contributed by atoms with van der Waals surface area (Å²) in [6.45, 7) is 4.36. The van der Waals surface area contributed by atoms with Gasteiger partial charge in [-0.25, -0.2) is 0 Å². The van der Waals surface area contributed by atoms with Crippen molar-refractivity contribution in [1.82, 2.24) is 10.6 Å². The maximum absolute atomic E-state index is 10.8. The number of rotatable bonds is 4. The molecule has 0 atom stereocenters. The number of nitro groups is 1. The molecule has 0 aliphatic rings. The molecule has 0 unspecified atom stereocenters. The van der Waals surface area contributed by atoms with Gasteiger partial charge in [-0.2, -0.15) is 0 Å². The van der Waals surface area contributed by atoms with Crippen LogP contribution in [0.25, 0.3) is 0 Å². The highest BCUT2D eigenvalue weighted by Gasteiger charge is 2.12. The fourth-order valence-electron chi connectivity index (χ4n) is 1.49. The molecule has 0 spiro atoms. The smallest absolute Gasteiger partial charge is 0.274 e. The summed E-state index contributed by atoms with van der Waals surface area (Å²) in [6.07, 6.45) is 0. The largest absolute Gasteiger partial charge is 0.354 e. The van der Waals surface area contributed by atoms with Crippen LogP contribution in [0.4, 0.5) is 5.69 Å². The minimum absolute atomic E-state index is 0.116. The summed E-state index contributed by atoms with van der Waals surface area (Å²) in [4.78, 5) is 14.5. The van der Waals surface area contributed by atoms with Crippen molar-refractivity contribution in [3.8, 4) is 0 Å². The van der Waals surface area contributed by atoms with E-state index < -0.39 is 0 Å². The van der Waals surface area contributed by atoms with Gasteiger partial charge >= 0.3 is 0 Å². The van der Waals surface area contributed by atoms with Crippen molar-refractivity contribution < 1.29 is 4.92 Å². The molecule has 1 aromatic rings. The molecule has 2 N–H and O–H groups in total. The first kappa shape index (κ1) is 14.0. The molecule has 0 radical (unpaired) electrons. The summed E-state index contributed by atoms with van der Waals surface area (Å²) in [5, 5.41) is 17.0. The first-order valence-corrected chi connectivity index (χ1v) is 5.74. The van der Waals surface area contributed by atoms with Crippen LogP contribution in [0.3, 0.4) is 0 Å². The van der Waals surface area contributed by atoms with E-state index in [0.717, 1.165) is 0 Å². The summed E-state index contributed by atoms with van der Waals surface area (Å²) in [5.41, 5.74) is 0.749. The number of hydrogen-bond donors (Lipinski definition) is 2. The standard InChI is InChI=1S/C12H18N4O2/c1-9(2)15-12(13-3)14-8-10-6-4-5-7-11(10)16(17)18/h4-7,9H,8H2,1-3H3,(H2,13,14,15). The molecule has 6 nitrogen and oxygen atoms in total. The average Bonchev–Trinajstić information content (AvgIpc) is 2.34. The first-order chi connectivity index (χ1) is 8.54. The number of guanidine groups is 1. The van der Waals surface area contributed by atoms with Crippen molar-refractivity contribution in [2.24, 2.45) is 4.99 Å². The number of nitro benzene ring substituents is 1. The number of nitrogens with one attached hydrogen (secondary N) is 2. The van der Waals surface area contributed by atoms with Crippen molar-refractivity contribution in [3.63, 3.8) is 0 Å². The van der Waals surface area contributed by atoms with Gasteiger partial charge in [0.05, 0.1) is 4.92 Å². The molecule has 0 saturated heterocycles. The zero-order valence-electron chi connectivity index (χ0n) is 10.8. The van der Waals surface area contributed by atoms with Gasteiger partial charge in [0, 0.05) is 31.3 Å². The highest BCUT2D eigenvalue weighted by Crippen LogP contribution is 2.16. The van der Waals surface area contributed by atoms with Gasteiger partial charge in [-0.3, -0.25) is 15.1 Å². The van der Waals surface area contributed by atoms with Crippen LogP contribution in [0.2, 0.25) is 0 Å². The van der Waals surface area contributed by atoms with E-state index in [-0.39, 0.29) is 16.7 Å². The Kier molecular flexibility index (Phi) is 5.10. The lowest BCUT2D eigenvalue weighted by atomic mass is 10.2. The minimum atomic E-state index is -0.379. The van der Waals surface area contributed by atoms with Crippen LogP contribution >= 0.6 is 0 Å². The van der Waals surface area contributed by atoms with E-state index in [9.17, 15) is 10.1 Å². The Balaban J connectivity index is 2.71. The van der Waals surface area contributed by atoms with Gasteiger partial charge in [-0.15, -0.1) is 0 Å². The Morgan fingerprint density at radius 3 is 2.67 bits per heavy atom. The highest BCUT2D eigenvalue weighted by molar-refractivity contribution is 5.79. The van der Waals surface area contributed by atoms with Crippen molar-refractivity contribution in [3.05, 3.63) is 39.9 Å². The third kappa shape index (κ3) is 4.04. The van der Waals surface area contributed by atoms with Crippen LogP contribution in [-0.2, 0) is 6.54 Å². The summed E-state index contributed by atoms with van der Waals surface area (Å²) in [5.74, 6) is 0.628. The molecule has 0 amide bonds. The summed E-state index contributed by atoms with van der Waals surface area (Å²) < 4.78 is 0. The third-order valence-electron chi connectivity index (χ3n) is 2.28. The number of hydrogen-bond acceptors (Lipinski definition) is 3. The molecule has 1 rings (SSSR count). The van der Waals surface area contributed by atoms with E-state index in [0.29, 0.717) is 18.1 Å². The van der Waals surface area contributed by atoms with E-state index in [4.69, 9.17) is 0 Å². The molecule has 0 aliphatic heterocycles. The van der Waals surface area contributed by atoms with Crippen molar-refractivity contribution in [2.45, 2.75) is 26.4 Å². The second kappa shape index (κ2) is 6.58. The summed E-state index contributed by atoms with van der Waals surface area (Å²) in [6, 6.07) is 6.91. The zero-order valence-corrected chi connectivity index (χ0v) is 10.8. The van der Waals surface area contributed by atoms with Gasteiger partial charge in [0.2, 0.25) is 0 Å². The van der Waals surface area contributed by atoms with Crippen LogP contribution in [0.1, 0.15) is 19.4 Å². The molecule has 98 valence electrons. The van der Waals surface area contributed by atoms with E-state index in [1.54, 1.807) is 25.2 Å². The molecular weight excluding hydrogens is 232 g/mol. The van der Waals surface area contributed by atoms with Gasteiger partial charge < -0.3 is 10.6 Å². The van der Waals surface area contributed by atoms with Crippen molar-refractivity contribution in [2.75, 3.05) is 7.05 Å². The van der Waals surface area contributed by atoms with Crippen LogP contribution < -0.4 is 10.6 Å². The first-order valence-electron chi connectivity index (χ1n) is 5.74. The van der Waals surface area contributed by atoms with E-state index in [1.807, 2.05) is 13.8 Å². The fraction of sp³-hybridized carbons (Fsp3) is 0.417. The number of benzene rings is 1. The van der Waals surface area contributed by atoms with E-state index in [2.05, 4.69) is 15.6 Å². The lowest BCUT2D eigenvalue weighted by Gasteiger charge is -2.14. The lowest BCUT2D eigenvalue weighted by molar-refractivity contribution is -0.385. The Morgan fingerprint density at radius 1 is 1.44 bits per heavy atom. The van der Waals surface area contributed by atoms with Crippen LogP contribution in [-0.4, -0.2) is 24.0 Å². The van der Waals surface area contributed by atoms with Crippen LogP contribution in [0.15, 0.2) is 29.3 Å². The van der Waals surface area contributed by atoms with Gasteiger partial charge in [0.25, 0.3) is 5.69 Å². The lowest BCUT2D eigenvalue weighted by Crippen LogP contribution is -2.40. The molecule has 0 fully saturated rings. The topological polar surface area (TPSA) is 79.6 Å². The van der Waals surface area contributed by atoms with Crippen molar-refractivity contribution in [1.29, 1.82) is 0 Å². The van der Waals surface area contributed by atoms with Crippen molar-refractivity contribution >= 4 is 11.6 Å². The Labute approximate surface area is 106 Å². The molecule has 0 bridgehead atoms. The molecule has 6 heteroatoms. The molecule has 0 saturated carbocycles. The van der Waals surface area contributed by atoms with Gasteiger partial charge in [0.1, 0.15) is 0 Å². The molecule has 0 aromatic heterocycles. The number of para-hydroxylation sites is 1. The quantitative estimate of drug-likeness (QED) is 0.369. The monoisotopic (exact) mass is 250 g/mol. The Hall–Kier alpha value is -2.11. The summed E-state index contributed by atoms with van der Waals surface area (Å²) in [7, 11) is 1.66. The molecule has 0 aliphatic carbocycles. The SMILES string of the molecule is CN=C(NCc1ccccc1[N+](=O)[O-])NC(C)C. The fourth-order valence-corrected chi connectivity index (χ4v) is 1.49. The number of nitrogens with zero attached hydrogens (tertiary/aromatic N) is 2. The van der Waals surface area contributed by atoms with Gasteiger partial charge in [0.15, 0.2) is 5.96 Å². The second-order valence-electron chi connectivity index (χ2n) is 4.11. The van der Waals surface area contributed by atoms with E-state index in [1.165, 1.54) is 6.07 Å². The van der Waals surface area contributed by atoms with Gasteiger partial charge in [-0.05, 0) is 13.8 Å². The number of aliphatic imine (C=N–C) groups is 1. The highest BCUT2D eigenvalue weighted by atomic mass is 16.6. The maximum atomic E-state index is 10.8. The van der Waals surface area contributed by atoms with E-state index >= 15 is 0 Å². The predicted octanol–water partition coefficient (Wildman–Crippen LogP) is 1.67. The average molecular weight is 250 g/mol. The molecule has 18 heavy (non-hydrogen) atoms. The maximum Gasteiger partial charge on any atom is 0.274 e. The zero-order chi connectivity index (χ0) is 13.5. The van der Waals surface area contributed by atoms with Gasteiger partial charge in [-0.1, -0.05) is 18.2 Å². The molecular formula is C12H18N4O2. The Bertz CT molecular complexity index is 443. The summed E-state index contributed by atoms with van der Waals surface area (Å²) >= 11 is 0. The Morgan fingerprint density at radius 2 is 2.11 bits per heavy atom. The van der Waals surface area contributed by atoms with Crippen LogP contribution in [0, 0.1) is 10.1 Å². The molecule has 0 heterocycles. The predicted molar refractivity (Wildman–Crippen MR) is 71.6 cm³/mol. The van der Waals surface area contributed by atoms with Crippen LogP contribution in [0.5, 0.6) is 0 Å². The normalized spacial score (nSPS) is 11.4. The molecule has 1 aromatic carbocycles. The second-order valence-corrected chi connectivity index (χ2v) is 4.11. The third-order valence-corrected chi connectivity index (χ3v) is 2.28. The minimum Gasteiger partial charge on any atom is -0.354 e.